The summed E-state index contributed by atoms with van der Waals surface area (Å²) in [6, 6.07) is 0.390. The first kappa shape index (κ1) is 11.5. The second-order valence-electron chi connectivity index (χ2n) is 4.92. The number of nitrogens with zero attached hydrogens (tertiary/aromatic N) is 4. The Hall–Kier alpha value is -1.56. The Morgan fingerprint density at radius 2 is 2.17 bits per heavy atom. The van der Waals surface area contributed by atoms with E-state index >= 15 is 0 Å². The van der Waals surface area contributed by atoms with Crippen molar-refractivity contribution < 1.29 is 4.74 Å². The molecule has 0 aromatic carbocycles. The molecular weight excluding hydrogens is 230 g/mol. The van der Waals surface area contributed by atoms with Crippen LogP contribution in [0.2, 0.25) is 0 Å². The van der Waals surface area contributed by atoms with Crippen LogP contribution in [0.1, 0.15) is 31.5 Å². The molecule has 0 unspecified atom stereocenters. The van der Waals surface area contributed by atoms with E-state index < -0.39 is 0 Å². The Bertz CT molecular complexity index is 579. The lowest BCUT2D eigenvalue weighted by atomic mass is 9.89. The Labute approximate surface area is 106 Å². The molecule has 1 fully saturated rings. The highest BCUT2D eigenvalue weighted by Gasteiger charge is 2.34. The minimum absolute atomic E-state index is 0.367. The third-order valence-corrected chi connectivity index (χ3v) is 3.70. The minimum Gasteiger partial charge on any atom is -0.378 e. The summed E-state index contributed by atoms with van der Waals surface area (Å²) in [5.41, 5.74) is 8.89. The molecule has 0 atom stereocenters. The van der Waals surface area contributed by atoms with Gasteiger partial charge < -0.3 is 10.5 Å². The van der Waals surface area contributed by atoms with Gasteiger partial charge in [-0.25, -0.2) is 4.98 Å². The third kappa shape index (κ3) is 1.52. The molecule has 0 bridgehead atoms. The summed E-state index contributed by atoms with van der Waals surface area (Å²) < 4.78 is 9.56. The summed E-state index contributed by atoms with van der Waals surface area (Å²) in [6.45, 7) is 4.77. The molecule has 1 aliphatic rings. The van der Waals surface area contributed by atoms with Gasteiger partial charge in [0.25, 0.3) is 0 Å². The van der Waals surface area contributed by atoms with Gasteiger partial charge in [-0.2, -0.15) is 5.10 Å². The molecule has 98 valence electrons. The first-order chi connectivity index (χ1) is 8.61. The number of hydrogen-bond acceptors (Lipinski definition) is 4. The highest BCUT2D eigenvalue weighted by molar-refractivity contribution is 5.77. The zero-order valence-corrected chi connectivity index (χ0v) is 11.1. The molecule has 1 aliphatic carbocycles. The van der Waals surface area contributed by atoms with E-state index in [0.29, 0.717) is 18.1 Å². The van der Waals surface area contributed by atoms with Crippen molar-refractivity contribution in [2.24, 2.45) is 7.05 Å². The van der Waals surface area contributed by atoms with Gasteiger partial charge in [-0.15, -0.1) is 0 Å². The van der Waals surface area contributed by atoms with Crippen LogP contribution in [0, 0.1) is 6.92 Å². The van der Waals surface area contributed by atoms with Crippen molar-refractivity contribution in [3.63, 3.8) is 0 Å². The van der Waals surface area contributed by atoms with Crippen LogP contribution in [-0.2, 0) is 11.8 Å². The second-order valence-corrected chi connectivity index (χ2v) is 4.92. The molecule has 0 saturated heterocycles. The third-order valence-electron chi connectivity index (χ3n) is 3.70. The van der Waals surface area contributed by atoms with E-state index in [9.17, 15) is 0 Å². The Morgan fingerprint density at radius 3 is 2.83 bits per heavy atom. The topological polar surface area (TPSA) is 70.9 Å². The molecule has 2 N–H and O–H groups in total. The number of anilines is 1. The summed E-state index contributed by atoms with van der Waals surface area (Å²) in [4.78, 5) is 4.42. The molecule has 2 heterocycles. The predicted octanol–water partition coefficient (Wildman–Crippen LogP) is 1.40. The van der Waals surface area contributed by atoms with Crippen LogP contribution in [-0.4, -0.2) is 32.0 Å². The minimum atomic E-state index is 0.367. The first-order valence-electron chi connectivity index (χ1n) is 6.40. The Balaban J connectivity index is 1.95. The average molecular weight is 249 g/mol. The lowest BCUT2D eigenvalue weighted by Crippen LogP contribution is -2.34. The number of aryl methyl sites for hydroxylation is 2. The van der Waals surface area contributed by atoms with E-state index in [1.165, 1.54) is 0 Å². The lowest BCUT2D eigenvalue weighted by Gasteiger charge is -2.36. The van der Waals surface area contributed by atoms with Crippen molar-refractivity contribution in [3.05, 3.63) is 5.69 Å². The van der Waals surface area contributed by atoms with Crippen LogP contribution in [0.5, 0.6) is 0 Å². The average Bonchev–Trinajstić information content (AvgIpc) is 2.72. The molecule has 0 radical (unpaired) electrons. The van der Waals surface area contributed by atoms with E-state index in [2.05, 4.69) is 14.6 Å². The number of ether oxygens (including phenoxy) is 1. The normalized spacial score (nSPS) is 23.5. The van der Waals surface area contributed by atoms with Crippen molar-refractivity contribution in [3.8, 4) is 0 Å². The maximum atomic E-state index is 6.04. The summed E-state index contributed by atoms with van der Waals surface area (Å²) in [5.74, 6) is 0.584. The summed E-state index contributed by atoms with van der Waals surface area (Å²) >= 11 is 0. The molecule has 0 aliphatic heterocycles. The Morgan fingerprint density at radius 1 is 1.44 bits per heavy atom. The number of nitrogen functional groups attached to an aromatic ring is 1. The van der Waals surface area contributed by atoms with E-state index in [4.69, 9.17) is 10.5 Å². The fraction of sp³-hybridized carbons (Fsp3) is 0.667. The molecule has 2 aromatic heterocycles. The van der Waals surface area contributed by atoms with Gasteiger partial charge in [0, 0.05) is 19.7 Å². The van der Waals surface area contributed by atoms with E-state index in [0.717, 1.165) is 36.3 Å². The second kappa shape index (κ2) is 3.98. The van der Waals surface area contributed by atoms with Crippen molar-refractivity contribution in [2.45, 2.75) is 38.8 Å². The zero-order chi connectivity index (χ0) is 12.9. The van der Waals surface area contributed by atoms with Crippen LogP contribution in [0.25, 0.3) is 11.2 Å². The van der Waals surface area contributed by atoms with E-state index in [1.807, 2.05) is 25.6 Å². The predicted molar refractivity (Wildman–Crippen MR) is 69.3 cm³/mol. The summed E-state index contributed by atoms with van der Waals surface area (Å²) in [5, 5.41) is 4.39. The zero-order valence-electron chi connectivity index (χ0n) is 11.1. The Kier molecular flexibility index (Phi) is 2.55. The van der Waals surface area contributed by atoms with Crippen molar-refractivity contribution >= 4 is 17.1 Å². The summed E-state index contributed by atoms with van der Waals surface area (Å²) in [7, 11) is 1.94. The van der Waals surface area contributed by atoms with Gasteiger partial charge in [-0.05, 0) is 26.7 Å². The van der Waals surface area contributed by atoms with Crippen LogP contribution in [0.4, 0.5) is 5.95 Å². The quantitative estimate of drug-likeness (QED) is 0.892. The largest absolute Gasteiger partial charge is 0.378 e. The molecule has 6 nitrogen and oxygen atoms in total. The highest BCUT2D eigenvalue weighted by Crippen LogP contribution is 2.38. The van der Waals surface area contributed by atoms with Crippen LogP contribution in [0.15, 0.2) is 0 Å². The number of rotatable bonds is 3. The molecular formula is C12H19N5O. The van der Waals surface area contributed by atoms with E-state index in [1.54, 1.807) is 0 Å². The number of hydrogen-bond donors (Lipinski definition) is 1. The standard InChI is InChI=1S/C12H19N5O/c1-4-18-9-5-8(6-9)17-11-10(14-12(17)13)7(2)15-16(11)3/h8-9H,4-6H2,1-3H3,(H2,13,14). The fourth-order valence-corrected chi connectivity index (χ4v) is 2.79. The van der Waals surface area contributed by atoms with Crippen molar-refractivity contribution in [1.82, 2.24) is 19.3 Å². The molecule has 0 amide bonds. The number of imidazole rings is 1. The molecule has 1 saturated carbocycles. The fourth-order valence-electron chi connectivity index (χ4n) is 2.79. The van der Waals surface area contributed by atoms with E-state index in [-0.39, 0.29) is 0 Å². The van der Waals surface area contributed by atoms with Gasteiger partial charge in [0.2, 0.25) is 5.95 Å². The highest BCUT2D eigenvalue weighted by atomic mass is 16.5. The number of fused-ring (bicyclic) bond motifs is 1. The van der Waals surface area contributed by atoms with Gasteiger partial charge >= 0.3 is 0 Å². The van der Waals surface area contributed by atoms with Crippen LogP contribution >= 0.6 is 0 Å². The monoisotopic (exact) mass is 249 g/mol. The number of nitrogens with two attached hydrogens (primary N) is 1. The van der Waals surface area contributed by atoms with Crippen LogP contribution in [0.3, 0.4) is 0 Å². The number of aromatic nitrogens is 4. The van der Waals surface area contributed by atoms with Crippen molar-refractivity contribution in [1.29, 1.82) is 0 Å². The molecule has 6 heteroatoms. The molecule has 3 rings (SSSR count). The van der Waals surface area contributed by atoms with Crippen molar-refractivity contribution in [2.75, 3.05) is 12.3 Å². The SMILES string of the molecule is CCOC1CC(n2c(N)nc3c(C)nn(C)c32)C1. The van der Waals surface area contributed by atoms with Gasteiger partial charge in [-0.3, -0.25) is 9.25 Å². The maximum absolute atomic E-state index is 6.04. The molecule has 18 heavy (non-hydrogen) atoms. The van der Waals surface area contributed by atoms with Gasteiger partial charge in [-0.1, -0.05) is 0 Å². The summed E-state index contributed by atoms with van der Waals surface area (Å²) in [6.07, 6.45) is 2.38. The first-order valence-corrected chi connectivity index (χ1v) is 6.40. The molecule has 2 aromatic rings. The molecule has 0 spiro atoms. The van der Waals surface area contributed by atoms with Gasteiger partial charge in [0.05, 0.1) is 11.8 Å². The van der Waals surface area contributed by atoms with Gasteiger partial charge in [0.15, 0.2) is 5.65 Å². The van der Waals surface area contributed by atoms with Gasteiger partial charge in [0.1, 0.15) is 5.52 Å². The lowest BCUT2D eigenvalue weighted by molar-refractivity contribution is -0.0184. The maximum Gasteiger partial charge on any atom is 0.202 e. The van der Waals surface area contributed by atoms with Crippen LogP contribution < -0.4 is 5.73 Å². The smallest absolute Gasteiger partial charge is 0.202 e.